The summed E-state index contributed by atoms with van der Waals surface area (Å²) in [4.78, 5) is 4.00. The van der Waals surface area contributed by atoms with Gasteiger partial charge in [-0.2, -0.15) is 0 Å². The van der Waals surface area contributed by atoms with Gasteiger partial charge in [0.1, 0.15) is 5.82 Å². The topological polar surface area (TPSA) is 24.9 Å². The van der Waals surface area contributed by atoms with Gasteiger partial charge in [0.25, 0.3) is 0 Å². The Labute approximate surface area is 117 Å². The predicted octanol–water partition coefficient (Wildman–Crippen LogP) is 3.77. The highest BCUT2D eigenvalue weighted by Gasteiger charge is 2.14. The van der Waals surface area contributed by atoms with Gasteiger partial charge in [0.05, 0.1) is 5.02 Å². The first-order valence-electron chi connectivity index (χ1n) is 6.28. The van der Waals surface area contributed by atoms with E-state index < -0.39 is 0 Å². The first-order chi connectivity index (χ1) is 9.20. The van der Waals surface area contributed by atoms with Crippen LogP contribution in [0.2, 0.25) is 5.02 Å². The number of rotatable bonds is 5. The highest BCUT2D eigenvalue weighted by molar-refractivity contribution is 6.31. The van der Waals surface area contributed by atoms with Gasteiger partial charge in [0.15, 0.2) is 0 Å². The Morgan fingerprint density at radius 1 is 1.26 bits per heavy atom. The molecule has 0 aliphatic carbocycles. The molecule has 0 bridgehead atoms. The third-order valence-corrected chi connectivity index (χ3v) is 3.30. The van der Waals surface area contributed by atoms with Gasteiger partial charge in [0.2, 0.25) is 0 Å². The number of hydrogen-bond acceptors (Lipinski definition) is 2. The molecule has 2 aromatic rings. The third-order valence-electron chi connectivity index (χ3n) is 2.98. The average Bonchev–Trinajstić information content (AvgIpc) is 2.41. The maximum absolute atomic E-state index is 12.9. The Bertz CT molecular complexity index is 528. The molecular formula is C15H16ClFN2. The maximum Gasteiger partial charge on any atom is 0.123 e. The molecule has 2 rings (SSSR count). The molecule has 2 nitrogen and oxygen atoms in total. The van der Waals surface area contributed by atoms with E-state index in [4.69, 9.17) is 11.6 Å². The van der Waals surface area contributed by atoms with Crippen LogP contribution in [0.4, 0.5) is 4.39 Å². The van der Waals surface area contributed by atoms with Crippen molar-refractivity contribution >= 4 is 11.6 Å². The quantitative estimate of drug-likeness (QED) is 0.901. The van der Waals surface area contributed by atoms with Crippen LogP contribution in [0.25, 0.3) is 0 Å². The lowest BCUT2D eigenvalue weighted by molar-refractivity contribution is 0.548. The van der Waals surface area contributed by atoms with Gasteiger partial charge >= 0.3 is 0 Å². The average molecular weight is 279 g/mol. The van der Waals surface area contributed by atoms with Gasteiger partial charge in [-0.15, -0.1) is 0 Å². The summed E-state index contributed by atoms with van der Waals surface area (Å²) in [5.74, 6) is -0.217. The number of aromatic nitrogens is 1. The maximum atomic E-state index is 12.9. The number of pyridine rings is 1. The number of halogens is 2. The van der Waals surface area contributed by atoms with Gasteiger partial charge in [-0.05, 0) is 42.3 Å². The van der Waals surface area contributed by atoms with Crippen LogP contribution < -0.4 is 5.32 Å². The molecule has 0 saturated carbocycles. The molecule has 1 N–H and O–H groups in total. The summed E-state index contributed by atoms with van der Waals surface area (Å²) in [5.41, 5.74) is 2.09. The lowest BCUT2D eigenvalue weighted by atomic mass is 9.99. The van der Waals surface area contributed by atoms with Gasteiger partial charge in [0, 0.05) is 18.4 Å². The molecule has 1 aromatic carbocycles. The SMILES string of the molecule is CCNC(Cc1ccc(F)cc1)c1ccncc1Cl. The van der Waals surface area contributed by atoms with E-state index in [-0.39, 0.29) is 11.9 Å². The molecule has 100 valence electrons. The van der Waals surface area contributed by atoms with E-state index in [9.17, 15) is 4.39 Å². The van der Waals surface area contributed by atoms with E-state index in [0.717, 1.165) is 24.1 Å². The number of hydrogen-bond donors (Lipinski definition) is 1. The number of nitrogens with one attached hydrogen (secondary N) is 1. The first kappa shape index (κ1) is 14.0. The number of nitrogens with zero attached hydrogens (tertiary/aromatic N) is 1. The van der Waals surface area contributed by atoms with Crippen molar-refractivity contribution in [1.82, 2.24) is 10.3 Å². The van der Waals surface area contributed by atoms with Crippen LogP contribution >= 0.6 is 11.6 Å². The fourth-order valence-corrected chi connectivity index (χ4v) is 2.31. The van der Waals surface area contributed by atoms with Gasteiger partial charge < -0.3 is 5.32 Å². The Hall–Kier alpha value is -1.45. The summed E-state index contributed by atoms with van der Waals surface area (Å²) in [6.07, 6.45) is 4.14. The van der Waals surface area contributed by atoms with E-state index in [1.807, 2.05) is 13.0 Å². The van der Waals surface area contributed by atoms with Crippen molar-refractivity contribution in [2.24, 2.45) is 0 Å². The van der Waals surface area contributed by atoms with Crippen LogP contribution in [0, 0.1) is 5.82 Å². The fraction of sp³-hybridized carbons (Fsp3) is 0.267. The van der Waals surface area contributed by atoms with E-state index >= 15 is 0 Å². The smallest absolute Gasteiger partial charge is 0.123 e. The zero-order valence-electron chi connectivity index (χ0n) is 10.7. The molecule has 0 fully saturated rings. The van der Waals surface area contributed by atoms with Crippen molar-refractivity contribution in [3.63, 3.8) is 0 Å². The molecule has 1 unspecified atom stereocenters. The third kappa shape index (κ3) is 3.75. The van der Waals surface area contributed by atoms with Crippen LogP contribution in [0.5, 0.6) is 0 Å². The monoisotopic (exact) mass is 278 g/mol. The largest absolute Gasteiger partial charge is 0.310 e. The van der Waals surface area contributed by atoms with Crippen LogP contribution in [-0.2, 0) is 6.42 Å². The zero-order valence-corrected chi connectivity index (χ0v) is 11.5. The van der Waals surface area contributed by atoms with Crippen LogP contribution in [0.3, 0.4) is 0 Å². The normalized spacial score (nSPS) is 12.4. The first-order valence-corrected chi connectivity index (χ1v) is 6.65. The Morgan fingerprint density at radius 2 is 2.00 bits per heavy atom. The summed E-state index contributed by atoms with van der Waals surface area (Å²) in [5, 5.41) is 4.05. The van der Waals surface area contributed by atoms with Gasteiger partial charge in [-0.3, -0.25) is 4.98 Å². The van der Waals surface area contributed by atoms with Crippen molar-refractivity contribution in [1.29, 1.82) is 0 Å². The molecule has 0 aliphatic heterocycles. The minimum atomic E-state index is -0.217. The van der Waals surface area contributed by atoms with Crippen molar-refractivity contribution < 1.29 is 4.39 Å². The lowest BCUT2D eigenvalue weighted by Crippen LogP contribution is -2.23. The Balaban J connectivity index is 2.21. The Morgan fingerprint density at radius 3 is 2.63 bits per heavy atom. The molecule has 4 heteroatoms. The second kappa shape index (κ2) is 6.64. The van der Waals surface area contributed by atoms with Crippen LogP contribution in [0.15, 0.2) is 42.7 Å². The van der Waals surface area contributed by atoms with Crippen LogP contribution in [0.1, 0.15) is 24.1 Å². The van der Waals surface area contributed by atoms with Gasteiger partial charge in [-0.25, -0.2) is 4.39 Å². The molecule has 1 aromatic heterocycles. The van der Waals surface area contributed by atoms with E-state index in [2.05, 4.69) is 10.3 Å². The molecule has 19 heavy (non-hydrogen) atoms. The standard InChI is InChI=1S/C15H16ClFN2/c1-2-19-15(13-7-8-18-10-14(13)16)9-11-3-5-12(17)6-4-11/h3-8,10,15,19H,2,9H2,1H3. The second-order valence-corrected chi connectivity index (χ2v) is 4.75. The highest BCUT2D eigenvalue weighted by Crippen LogP contribution is 2.24. The molecule has 0 amide bonds. The van der Waals surface area contributed by atoms with E-state index in [0.29, 0.717) is 5.02 Å². The lowest BCUT2D eigenvalue weighted by Gasteiger charge is -2.19. The van der Waals surface area contributed by atoms with Crippen LogP contribution in [-0.4, -0.2) is 11.5 Å². The van der Waals surface area contributed by atoms with E-state index in [1.54, 1.807) is 24.5 Å². The summed E-state index contributed by atoms with van der Waals surface area (Å²) in [7, 11) is 0. The minimum absolute atomic E-state index is 0.103. The fourth-order valence-electron chi connectivity index (χ4n) is 2.06. The molecule has 0 spiro atoms. The molecule has 0 aliphatic rings. The van der Waals surface area contributed by atoms with Crippen molar-refractivity contribution in [2.75, 3.05) is 6.54 Å². The van der Waals surface area contributed by atoms with Gasteiger partial charge in [-0.1, -0.05) is 30.7 Å². The molecular weight excluding hydrogens is 263 g/mol. The summed E-state index contributed by atoms with van der Waals surface area (Å²) < 4.78 is 12.9. The highest BCUT2D eigenvalue weighted by atomic mass is 35.5. The second-order valence-electron chi connectivity index (χ2n) is 4.34. The zero-order chi connectivity index (χ0) is 13.7. The Kier molecular flexibility index (Phi) is 4.88. The van der Waals surface area contributed by atoms with Crippen molar-refractivity contribution in [2.45, 2.75) is 19.4 Å². The van der Waals surface area contributed by atoms with Crippen molar-refractivity contribution in [3.8, 4) is 0 Å². The molecule has 0 saturated heterocycles. The summed E-state index contributed by atoms with van der Waals surface area (Å²) in [6.45, 7) is 2.89. The molecule has 1 atom stereocenters. The summed E-state index contributed by atoms with van der Waals surface area (Å²) in [6, 6.07) is 8.58. The number of likely N-dealkylation sites (N-methyl/N-ethyl adjacent to an activating group) is 1. The predicted molar refractivity (Wildman–Crippen MR) is 75.8 cm³/mol. The minimum Gasteiger partial charge on any atom is -0.310 e. The van der Waals surface area contributed by atoms with Crippen molar-refractivity contribution in [3.05, 3.63) is 64.7 Å². The number of benzene rings is 1. The summed E-state index contributed by atoms with van der Waals surface area (Å²) >= 11 is 6.18. The molecule has 1 heterocycles. The molecule has 0 radical (unpaired) electrons. The van der Waals surface area contributed by atoms with E-state index in [1.165, 1.54) is 12.1 Å².